The van der Waals surface area contributed by atoms with Crippen molar-refractivity contribution in [3.8, 4) is 5.69 Å². The summed E-state index contributed by atoms with van der Waals surface area (Å²) in [5, 5.41) is 3.32. The molecule has 5 heteroatoms. The minimum absolute atomic E-state index is 0.207. The summed E-state index contributed by atoms with van der Waals surface area (Å²) in [7, 11) is 1.69. The first kappa shape index (κ1) is 13.1. The highest BCUT2D eigenvalue weighted by Gasteiger charge is 2.09. The predicted molar refractivity (Wildman–Crippen MR) is 76.2 cm³/mol. The van der Waals surface area contributed by atoms with E-state index in [0.717, 1.165) is 16.1 Å². The number of benzene rings is 1. The van der Waals surface area contributed by atoms with Gasteiger partial charge in [0, 0.05) is 30.0 Å². The molecule has 4 nitrogen and oxygen atoms in total. The van der Waals surface area contributed by atoms with E-state index in [-0.39, 0.29) is 6.04 Å². The number of methoxy groups -OCH3 is 1. The summed E-state index contributed by atoms with van der Waals surface area (Å²) in [6.07, 6.45) is 3.71. The monoisotopic (exact) mass is 309 g/mol. The Morgan fingerprint density at radius 1 is 1.44 bits per heavy atom. The van der Waals surface area contributed by atoms with Crippen LogP contribution in [0, 0.1) is 0 Å². The molecule has 0 saturated carbocycles. The Bertz CT molecular complexity index is 512. The smallest absolute Gasteiger partial charge is 0.207 e. The summed E-state index contributed by atoms with van der Waals surface area (Å²) in [5.41, 5.74) is 1.06. The molecule has 0 spiro atoms. The van der Waals surface area contributed by atoms with Crippen molar-refractivity contribution in [2.45, 2.75) is 13.0 Å². The fraction of sp³-hybridized carbons (Fsp3) is 0.308. The topological polar surface area (TPSA) is 39.1 Å². The molecule has 1 aromatic heterocycles. The number of nitrogens with zero attached hydrogens (tertiary/aromatic N) is 2. The van der Waals surface area contributed by atoms with E-state index in [1.54, 1.807) is 13.3 Å². The summed E-state index contributed by atoms with van der Waals surface area (Å²) in [6.45, 7) is 2.70. The Kier molecular flexibility index (Phi) is 4.38. The minimum atomic E-state index is 0.207. The molecule has 0 radical (unpaired) electrons. The molecule has 0 aliphatic heterocycles. The lowest BCUT2D eigenvalue weighted by atomic mass is 10.3. The van der Waals surface area contributed by atoms with E-state index in [1.807, 2.05) is 35.0 Å². The molecule has 1 unspecified atom stereocenters. The molecule has 18 heavy (non-hydrogen) atoms. The first-order valence-electron chi connectivity index (χ1n) is 5.76. The molecule has 2 aromatic rings. The average Bonchev–Trinajstić information content (AvgIpc) is 2.78. The van der Waals surface area contributed by atoms with Gasteiger partial charge in [-0.15, -0.1) is 0 Å². The number of halogens is 1. The van der Waals surface area contributed by atoms with Crippen molar-refractivity contribution < 1.29 is 4.74 Å². The molecule has 1 N–H and O–H groups in total. The molecule has 0 amide bonds. The third-order valence-electron chi connectivity index (χ3n) is 2.54. The maximum atomic E-state index is 5.11. The molecule has 0 fully saturated rings. The Morgan fingerprint density at radius 3 is 2.94 bits per heavy atom. The fourth-order valence-electron chi connectivity index (χ4n) is 1.76. The van der Waals surface area contributed by atoms with Crippen LogP contribution in [0.25, 0.3) is 5.69 Å². The van der Waals surface area contributed by atoms with Gasteiger partial charge in [0.2, 0.25) is 5.95 Å². The van der Waals surface area contributed by atoms with Crippen LogP contribution in [-0.2, 0) is 4.74 Å². The third kappa shape index (κ3) is 2.91. The van der Waals surface area contributed by atoms with Gasteiger partial charge in [0.15, 0.2) is 0 Å². The summed E-state index contributed by atoms with van der Waals surface area (Å²) in [5.74, 6) is 0.812. The standard InChI is InChI=1S/C13H16BrN3O/c1-10(9-18-2)16-13-15-7-8-17(13)12-6-4-3-5-11(12)14/h3-8,10H,9H2,1-2H3,(H,15,16). The van der Waals surface area contributed by atoms with Gasteiger partial charge in [-0.3, -0.25) is 4.57 Å². The molecule has 0 aliphatic rings. The normalized spacial score (nSPS) is 12.4. The van der Waals surface area contributed by atoms with E-state index >= 15 is 0 Å². The second kappa shape index (κ2) is 6.02. The van der Waals surface area contributed by atoms with Crippen LogP contribution in [0.5, 0.6) is 0 Å². The van der Waals surface area contributed by atoms with Crippen LogP contribution in [0.2, 0.25) is 0 Å². The zero-order chi connectivity index (χ0) is 13.0. The highest BCUT2D eigenvalue weighted by atomic mass is 79.9. The van der Waals surface area contributed by atoms with Crippen molar-refractivity contribution in [2.24, 2.45) is 0 Å². The summed E-state index contributed by atoms with van der Waals surface area (Å²) < 4.78 is 8.16. The molecular formula is C13H16BrN3O. The molecule has 96 valence electrons. The van der Waals surface area contributed by atoms with Gasteiger partial charge in [0.25, 0.3) is 0 Å². The maximum absolute atomic E-state index is 5.11. The quantitative estimate of drug-likeness (QED) is 0.922. The van der Waals surface area contributed by atoms with Gasteiger partial charge in [-0.25, -0.2) is 4.98 Å². The van der Waals surface area contributed by atoms with E-state index in [1.165, 1.54) is 0 Å². The Labute approximate surface area is 115 Å². The molecule has 1 heterocycles. The summed E-state index contributed by atoms with van der Waals surface area (Å²) in [6, 6.07) is 8.25. The number of para-hydroxylation sites is 1. The van der Waals surface area contributed by atoms with Crippen LogP contribution in [0.3, 0.4) is 0 Å². The van der Waals surface area contributed by atoms with Gasteiger partial charge in [0.05, 0.1) is 12.3 Å². The molecule has 0 bridgehead atoms. The molecular weight excluding hydrogens is 294 g/mol. The highest BCUT2D eigenvalue weighted by Crippen LogP contribution is 2.23. The fourth-order valence-corrected chi connectivity index (χ4v) is 2.24. The first-order chi connectivity index (χ1) is 8.72. The summed E-state index contributed by atoms with van der Waals surface area (Å²) >= 11 is 3.55. The van der Waals surface area contributed by atoms with Gasteiger partial charge >= 0.3 is 0 Å². The number of nitrogens with one attached hydrogen (secondary N) is 1. The van der Waals surface area contributed by atoms with Gasteiger partial charge in [0.1, 0.15) is 0 Å². The van der Waals surface area contributed by atoms with Crippen molar-refractivity contribution in [1.29, 1.82) is 0 Å². The largest absolute Gasteiger partial charge is 0.383 e. The molecule has 2 rings (SSSR count). The van der Waals surface area contributed by atoms with E-state index in [9.17, 15) is 0 Å². The maximum Gasteiger partial charge on any atom is 0.207 e. The van der Waals surface area contributed by atoms with Crippen LogP contribution < -0.4 is 5.32 Å². The van der Waals surface area contributed by atoms with Crippen LogP contribution in [0.15, 0.2) is 41.1 Å². The number of aromatic nitrogens is 2. The molecule has 0 aliphatic carbocycles. The number of ether oxygens (including phenoxy) is 1. The van der Waals surface area contributed by atoms with E-state index in [0.29, 0.717) is 6.61 Å². The second-order valence-electron chi connectivity index (χ2n) is 4.07. The SMILES string of the molecule is COCC(C)Nc1nccn1-c1ccccc1Br. The number of hydrogen-bond donors (Lipinski definition) is 1. The third-order valence-corrected chi connectivity index (χ3v) is 3.22. The lowest BCUT2D eigenvalue weighted by Gasteiger charge is -2.15. The van der Waals surface area contributed by atoms with Crippen molar-refractivity contribution >= 4 is 21.9 Å². The van der Waals surface area contributed by atoms with Gasteiger partial charge in [-0.1, -0.05) is 12.1 Å². The Balaban J connectivity index is 2.25. The number of hydrogen-bond acceptors (Lipinski definition) is 3. The number of anilines is 1. The number of imidazole rings is 1. The summed E-state index contributed by atoms with van der Waals surface area (Å²) in [4.78, 5) is 4.33. The van der Waals surface area contributed by atoms with Crippen molar-refractivity contribution in [2.75, 3.05) is 19.0 Å². The van der Waals surface area contributed by atoms with Gasteiger partial charge in [-0.2, -0.15) is 0 Å². The minimum Gasteiger partial charge on any atom is -0.383 e. The van der Waals surface area contributed by atoms with Crippen LogP contribution in [-0.4, -0.2) is 29.3 Å². The number of rotatable bonds is 5. The van der Waals surface area contributed by atoms with Crippen LogP contribution in [0.4, 0.5) is 5.95 Å². The second-order valence-corrected chi connectivity index (χ2v) is 4.93. The van der Waals surface area contributed by atoms with Crippen molar-refractivity contribution in [3.05, 3.63) is 41.1 Å². The van der Waals surface area contributed by atoms with Gasteiger partial charge < -0.3 is 10.1 Å². The lowest BCUT2D eigenvalue weighted by Crippen LogP contribution is -2.22. The predicted octanol–water partition coefficient (Wildman–Crippen LogP) is 3.08. The molecule has 0 saturated heterocycles. The zero-order valence-corrected chi connectivity index (χ0v) is 12.0. The van der Waals surface area contributed by atoms with Crippen LogP contribution in [0.1, 0.15) is 6.92 Å². The Hall–Kier alpha value is -1.33. The lowest BCUT2D eigenvalue weighted by molar-refractivity contribution is 0.190. The molecule has 1 atom stereocenters. The van der Waals surface area contributed by atoms with Gasteiger partial charge in [-0.05, 0) is 35.0 Å². The van der Waals surface area contributed by atoms with E-state index in [4.69, 9.17) is 4.74 Å². The zero-order valence-electron chi connectivity index (χ0n) is 10.4. The van der Waals surface area contributed by atoms with Crippen molar-refractivity contribution in [1.82, 2.24) is 9.55 Å². The van der Waals surface area contributed by atoms with Crippen molar-refractivity contribution in [3.63, 3.8) is 0 Å². The van der Waals surface area contributed by atoms with Crippen LogP contribution >= 0.6 is 15.9 Å². The first-order valence-corrected chi connectivity index (χ1v) is 6.55. The Morgan fingerprint density at radius 2 is 2.22 bits per heavy atom. The van der Waals surface area contributed by atoms with E-state index in [2.05, 4.69) is 33.2 Å². The highest BCUT2D eigenvalue weighted by molar-refractivity contribution is 9.10. The van der Waals surface area contributed by atoms with E-state index < -0.39 is 0 Å². The average molecular weight is 310 g/mol. The molecule has 1 aromatic carbocycles.